The van der Waals surface area contributed by atoms with Crippen LogP contribution in [0.1, 0.15) is 25.7 Å². The molecule has 0 radical (unpaired) electrons. The van der Waals surface area contributed by atoms with Crippen LogP contribution in [0.2, 0.25) is 0 Å². The second kappa shape index (κ2) is 5.22. The van der Waals surface area contributed by atoms with Crippen LogP contribution in [0.5, 0.6) is 0 Å². The minimum atomic E-state index is -3.35. The fourth-order valence-corrected chi connectivity index (χ4v) is 3.04. The Kier molecular flexibility index (Phi) is 4.47. The normalized spacial score (nSPS) is 28.3. The van der Waals surface area contributed by atoms with E-state index in [1.165, 1.54) is 0 Å². The van der Waals surface area contributed by atoms with Gasteiger partial charge in [0, 0.05) is 20.1 Å². The first-order chi connectivity index (χ1) is 6.99. The Morgan fingerprint density at radius 3 is 1.93 bits per heavy atom. The molecule has 6 nitrogen and oxygen atoms in total. The van der Waals surface area contributed by atoms with Crippen molar-refractivity contribution in [2.24, 2.45) is 5.14 Å². The molecule has 15 heavy (non-hydrogen) atoms. The van der Waals surface area contributed by atoms with Gasteiger partial charge in [0.05, 0.1) is 5.25 Å². The van der Waals surface area contributed by atoms with Gasteiger partial charge in [-0.3, -0.25) is 0 Å². The second-order valence-corrected chi connectivity index (χ2v) is 5.68. The number of rotatable bonds is 4. The lowest BCUT2D eigenvalue weighted by atomic mass is 9.95. The van der Waals surface area contributed by atoms with Crippen LogP contribution in [-0.2, 0) is 10.0 Å². The molecule has 0 spiro atoms. The SMILES string of the molecule is CNN(NC)C1CCC(S(N)(=O)=O)CC1. The Morgan fingerprint density at radius 1 is 1.13 bits per heavy atom. The van der Waals surface area contributed by atoms with Crippen molar-refractivity contribution >= 4 is 10.0 Å². The van der Waals surface area contributed by atoms with Gasteiger partial charge in [-0.25, -0.2) is 24.4 Å². The molecule has 0 aliphatic heterocycles. The maximum atomic E-state index is 11.1. The number of nitrogens with one attached hydrogen (secondary N) is 2. The van der Waals surface area contributed by atoms with Crippen LogP contribution >= 0.6 is 0 Å². The Labute approximate surface area is 91.2 Å². The summed E-state index contributed by atoms with van der Waals surface area (Å²) >= 11 is 0. The standard InChI is InChI=1S/C8H20N4O2S/c1-10-12(11-2)7-3-5-8(6-4-7)15(9,13)14/h7-8,10-11H,3-6H2,1-2H3,(H2,9,13,14). The van der Waals surface area contributed by atoms with Gasteiger partial charge in [-0.2, -0.15) is 5.12 Å². The molecule has 0 heterocycles. The molecule has 0 bridgehead atoms. The van der Waals surface area contributed by atoms with Gasteiger partial charge in [-0.15, -0.1) is 0 Å². The van der Waals surface area contributed by atoms with Crippen LogP contribution in [0, 0.1) is 0 Å². The van der Waals surface area contributed by atoms with Crippen molar-refractivity contribution in [3.63, 3.8) is 0 Å². The van der Waals surface area contributed by atoms with E-state index in [4.69, 9.17) is 5.14 Å². The molecule has 1 fully saturated rings. The van der Waals surface area contributed by atoms with Gasteiger partial charge >= 0.3 is 0 Å². The summed E-state index contributed by atoms with van der Waals surface area (Å²) in [6.07, 6.45) is 2.96. The minimum Gasteiger partial charge on any atom is -0.244 e. The van der Waals surface area contributed by atoms with Gasteiger partial charge in [-0.1, -0.05) is 0 Å². The second-order valence-electron chi connectivity index (χ2n) is 3.84. The number of nitrogens with zero attached hydrogens (tertiary/aromatic N) is 1. The van der Waals surface area contributed by atoms with Crippen molar-refractivity contribution < 1.29 is 8.42 Å². The molecule has 4 N–H and O–H groups in total. The number of sulfonamides is 1. The van der Waals surface area contributed by atoms with E-state index in [9.17, 15) is 8.42 Å². The molecule has 0 saturated heterocycles. The molecule has 0 atom stereocenters. The quantitative estimate of drug-likeness (QED) is 0.554. The van der Waals surface area contributed by atoms with Crippen molar-refractivity contribution in [3.8, 4) is 0 Å². The molecule has 0 aromatic heterocycles. The third kappa shape index (κ3) is 3.39. The van der Waals surface area contributed by atoms with Gasteiger partial charge in [0.15, 0.2) is 0 Å². The van der Waals surface area contributed by atoms with Crippen LogP contribution in [0.25, 0.3) is 0 Å². The molecule has 0 aromatic rings. The third-order valence-corrected chi connectivity index (χ3v) is 4.36. The molecule has 0 aromatic carbocycles. The Bertz CT molecular complexity index is 281. The first-order valence-electron chi connectivity index (χ1n) is 5.14. The zero-order valence-electron chi connectivity index (χ0n) is 9.23. The molecule has 1 rings (SSSR count). The molecule has 7 heteroatoms. The highest BCUT2D eigenvalue weighted by Gasteiger charge is 2.30. The zero-order valence-corrected chi connectivity index (χ0v) is 10.0. The highest BCUT2D eigenvalue weighted by atomic mass is 32.2. The van der Waals surface area contributed by atoms with Gasteiger partial charge < -0.3 is 0 Å². The summed E-state index contributed by atoms with van der Waals surface area (Å²) in [5, 5.41) is 6.67. The van der Waals surface area contributed by atoms with Crippen molar-refractivity contribution in [1.29, 1.82) is 0 Å². The predicted molar refractivity (Wildman–Crippen MR) is 59.1 cm³/mol. The third-order valence-electron chi connectivity index (χ3n) is 2.96. The molecule has 1 saturated carbocycles. The van der Waals surface area contributed by atoms with Gasteiger partial charge in [0.25, 0.3) is 0 Å². The molecule has 90 valence electrons. The summed E-state index contributed by atoms with van der Waals surface area (Å²) < 4.78 is 22.3. The average molecular weight is 236 g/mol. The molecule has 0 unspecified atom stereocenters. The van der Waals surface area contributed by atoms with E-state index in [1.54, 1.807) is 0 Å². The van der Waals surface area contributed by atoms with E-state index in [0.29, 0.717) is 18.9 Å². The summed E-state index contributed by atoms with van der Waals surface area (Å²) in [5.74, 6) is 0. The topological polar surface area (TPSA) is 87.5 Å². The Hall–Kier alpha value is -0.210. The number of hydrazine groups is 2. The largest absolute Gasteiger partial charge is 0.244 e. The first kappa shape index (κ1) is 12.9. The summed E-state index contributed by atoms with van der Waals surface area (Å²) in [5.41, 5.74) is 6.03. The summed E-state index contributed by atoms with van der Waals surface area (Å²) in [4.78, 5) is 0. The number of hydrogen-bond donors (Lipinski definition) is 3. The van der Waals surface area contributed by atoms with Crippen molar-refractivity contribution in [2.75, 3.05) is 14.1 Å². The van der Waals surface area contributed by atoms with E-state index >= 15 is 0 Å². The van der Waals surface area contributed by atoms with Gasteiger partial charge in [0.2, 0.25) is 10.0 Å². The predicted octanol–water partition coefficient (Wildman–Crippen LogP) is -0.843. The lowest BCUT2D eigenvalue weighted by molar-refractivity contribution is 0.0602. The average Bonchev–Trinajstić information content (AvgIpc) is 2.19. The zero-order chi connectivity index (χ0) is 11.5. The van der Waals surface area contributed by atoms with E-state index in [1.807, 2.05) is 19.2 Å². The van der Waals surface area contributed by atoms with Gasteiger partial charge in [0.1, 0.15) is 0 Å². The van der Waals surface area contributed by atoms with Gasteiger partial charge in [-0.05, 0) is 25.7 Å². The van der Waals surface area contributed by atoms with E-state index in [0.717, 1.165) is 12.8 Å². The number of hydrogen-bond acceptors (Lipinski definition) is 5. The monoisotopic (exact) mass is 236 g/mol. The fraction of sp³-hybridized carbons (Fsp3) is 1.00. The fourth-order valence-electron chi connectivity index (χ4n) is 2.11. The minimum absolute atomic E-state index is 0.331. The first-order valence-corrected chi connectivity index (χ1v) is 6.75. The molecule has 0 amide bonds. The highest BCUT2D eigenvalue weighted by Crippen LogP contribution is 2.24. The van der Waals surface area contributed by atoms with Crippen LogP contribution in [-0.4, -0.2) is 38.9 Å². The number of nitrogens with two attached hydrogens (primary N) is 1. The van der Waals surface area contributed by atoms with Crippen molar-refractivity contribution in [3.05, 3.63) is 0 Å². The molecular formula is C8H20N4O2S. The van der Waals surface area contributed by atoms with Crippen LogP contribution in [0.4, 0.5) is 0 Å². The summed E-state index contributed by atoms with van der Waals surface area (Å²) in [6, 6.07) is 0.331. The lowest BCUT2D eigenvalue weighted by Gasteiger charge is -2.34. The van der Waals surface area contributed by atoms with Crippen LogP contribution in [0.15, 0.2) is 0 Å². The Balaban J connectivity index is 2.49. The summed E-state index contributed by atoms with van der Waals surface area (Å²) in [6.45, 7) is 0. The highest BCUT2D eigenvalue weighted by molar-refractivity contribution is 7.89. The molecule has 1 aliphatic rings. The van der Waals surface area contributed by atoms with E-state index in [2.05, 4.69) is 10.9 Å². The smallest absolute Gasteiger partial charge is 0.211 e. The maximum Gasteiger partial charge on any atom is 0.211 e. The molecular weight excluding hydrogens is 216 g/mol. The molecule has 1 aliphatic carbocycles. The van der Waals surface area contributed by atoms with E-state index in [-0.39, 0.29) is 5.25 Å². The lowest BCUT2D eigenvalue weighted by Crippen LogP contribution is -2.53. The van der Waals surface area contributed by atoms with Crippen molar-refractivity contribution in [1.82, 2.24) is 16.0 Å². The Morgan fingerprint density at radius 2 is 1.60 bits per heavy atom. The van der Waals surface area contributed by atoms with E-state index < -0.39 is 10.0 Å². The van der Waals surface area contributed by atoms with Crippen LogP contribution in [0.3, 0.4) is 0 Å². The summed E-state index contributed by atoms with van der Waals surface area (Å²) in [7, 11) is 0.323. The number of primary sulfonamides is 1. The van der Waals surface area contributed by atoms with Crippen molar-refractivity contribution in [2.45, 2.75) is 37.0 Å². The maximum absolute atomic E-state index is 11.1. The van der Waals surface area contributed by atoms with Crippen LogP contribution < -0.4 is 16.0 Å².